The maximum absolute atomic E-state index is 4.36. The van der Waals surface area contributed by atoms with Crippen LogP contribution in [0.2, 0.25) is 0 Å². The number of rotatable bonds is 1. The molecule has 1 aliphatic rings. The van der Waals surface area contributed by atoms with E-state index in [1.807, 2.05) is 5.51 Å². The molecule has 0 aliphatic heterocycles. The molecule has 1 heterocycles. The predicted molar refractivity (Wildman–Crippen MR) is 74.7 cm³/mol. The van der Waals surface area contributed by atoms with E-state index in [0.29, 0.717) is 0 Å². The van der Waals surface area contributed by atoms with Crippen molar-refractivity contribution < 1.29 is 0 Å². The quantitative estimate of drug-likeness (QED) is 0.679. The molecule has 0 radical (unpaired) electrons. The molecule has 3 rings (SSSR count). The topological polar surface area (TPSA) is 12.9 Å². The highest BCUT2D eigenvalue weighted by Crippen LogP contribution is 2.32. The first kappa shape index (κ1) is 11.2. The monoisotopic (exact) mass is 245 g/mol. The highest BCUT2D eigenvalue weighted by Gasteiger charge is 2.14. The lowest BCUT2D eigenvalue weighted by molar-refractivity contribution is 0.456. The van der Waals surface area contributed by atoms with Crippen molar-refractivity contribution in [3.8, 4) is 0 Å². The van der Waals surface area contributed by atoms with Gasteiger partial charge in [-0.05, 0) is 36.5 Å². The van der Waals surface area contributed by atoms with Crippen molar-refractivity contribution in [1.82, 2.24) is 4.98 Å². The van der Waals surface area contributed by atoms with Crippen molar-refractivity contribution in [3.05, 3.63) is 29.3 Å². The van der Waals surface area contributed by atoms with E-state index in [2.05, 4.69) is 23.2 Å². The van der Waals surface area contributed by atoms with Gasteiger partial charge in [-0.2, -0.15) is 0 Å². The van der Waals surface area contributed by atoms with Crippen LogP contribution in [0.4, 0.5) is 0 Å². The van der Waals surface area contributed by atoms with Crippen LogP contribution in [0.5, 0.6) is 0 Å². The van der Waals surface area contributed by atoms with Gasteiger partial charge < -0.3 is 0 Å². The van der Waals surface area contributed by atoms with E-state index < -0.39 is 0 Å². The van der Waals surface area contributed by atoms with Crippen LogP contribution in [0.3, 0.4) is 0 Å². The lowest BCUT2D eigenvalue weighted by atomic mass is 9.86. The third kappa shape index (κ3) is 2.52. The summed E-state index contributed by atoms with van der Waals surface area (Å²) in [5.74, 6) is 0.793. The van der Waals surface area contributed by atoms with E-state index in [9.17, 15) is 0 Å². The van der Waals surface area contributed by atoms with Crippen LogP contribution in [0.15, 0.2) is 23.7 Å². The summed E-state index contributed by atoms with van der Waals surface area (Å²) in [6.45, 7) is 0. The summed E-state index contributed by atoms with van der Waals surface area (Å²) in [5.41, 5.74) is 4.65. The third-order valence-electron chi connectivity index (χ3n) is 3.93. The van der Waals surface area contributed by atoms with E-state index in [0.717, 1.165) is 11.4 Å². The third-order valence-corrected chi connectivity index (χ3v) is 4.72. The van der Waals surface area contributed by atoms with Gasteiger partial charge in [-0.3, -0.25) is 0 Å². The Kier molecular flexibility index (Phi) is 3.41. The largest absolute Gasteiger partial charge is 0.245 e. The summed E-state index contributed by atoms with van der Waals surface area (Å²) in [7, 11) is 0. The van der Waals surface area contributed by atoms with E-state index in [4.69, 9.17) is 0 Å². The lowest BCUT2D eigenvalue weighted by Gasteiger charge is -2.20. The zero-order valence-corrected chi connectivity index (χ0v) is 11.0. The molecule has 1 aliphatic carbocycles. The molecule has 2 heteroatoms. The molecule has 90 valence electrons. The van der Waals surface area contributed by atoms with E-state index >= 15 is 0 Å². The molecule has 0 bridgehead atoms. The molecular formula is C15H19NS. The van der Waals surface area contributed by atoms with Gasteiger partial charge in [-0.15, -0.1) is 11.3 Å². The molecule has 0 amide bonds. The Labute approximate surface area is 107 Å². The predicted octanol–water partition coefficient (Wildman–Crippen LogP) is 5.12. The Morgan fingerprint density at radius 2 is 1.76 bits per heavy atom. The normalized spacial score (nSPS) is 19.1. The molecule has 0 spiro atoms. The molecule has 0 N–H and O–H groups in total. The van der Waals surface area contributed by atoms with Crippen LogP contribution < -0.4 is 0 Å². The molecule has 2 aromatic rings. The minimum absolute atomic E-state index is 0.793. The number of benzene rings is 1. The lowest BCUT2D eigenvalue weighted by Crippen LogP contribution is -2.02. The van der Waals surface area contributed by atoms with Crippen molar-refractivity contribution in [3.63, 3.8) is 0 Å². The fourth-order valence-corrected chi connectivity index (χ4v) is 3.64. The van der Waals surface area contributed by atoms with Crippen molar-refractivity contribution in [1.29, 1.82) is 0 Å². The molecule has 1 fully saturated rings. The Bertz CT molecular complexity index is 480. The summed E-state index contributed by atoms with van der Waals surface area (Å²) in [4.78, 5) is 4.36. The SMILES string of the molecule is c1nc2ccc(C3CCCCCCC3)cc2s1. The number of hydrogen-bond acceptors (Lipinski definition) is 2. The second kappa shape index (κ2) is 5.18. The summed E-state index contributed by atoms with van der Waals surface area (Å²) < 4.78 is 1.35. The molecular weight excluding hydrogens is 226 g/mol. The fourth-order valence-electron chi connectivity index (χ4n) is 2.92. The van der Waals surface area contributed by atoms with Crippen LogP contribution >= 0.6 is 11.3 Å². The Morgan fingerprint density at radius 3 is 2.59 bits per heavy atom. The molecule has 1 nitrogen and oxygen atoms in total. The van der Waals surface area contributed by atoms with Gasteiger partial charge in [0.1, 0.15) is 0 Å². The number of aromatic nitrogens is 1. The molecule has 17 heavy (non-hydrogen) atoms. The van der Waals surface area contributed by atoms with Gasteiger partial charge in [0.15, 0.2) is 0 Å². The van der Waals surface area contributed by atoms with Crippen molar-refractivity contribution in [2.75, 3.05) is 0 Å². The van der Waals surface area contributed by atoms with Gasteiger partial charge in [-0.25, -0.2) is 4.98 Å². The van der Waals surface area contributed by atoms with Gasteiger partial charge in [0, 0.05) is 0 Å². The zero-order chi connectivity index (χ0) is 11.5. The van der Waals surface area contributed by atoms with Crippen LogP contribution in [0.25, 0.3) is 10.2 Å². The van der Waals surface area contributed by atoms with Gasteiger partial charge in [0.05, 0.1) is 15.7 Å². The Hall–Kier alpha value is -0.890. The molecule has 0 atom stereocenters. The van der Waals surface area contributed by atoms with Crippen molar-refractivity contribution in [2.24, 2.45) is 0 Å². The van der Waals surface area contributed by atoms with Crippen LogP contribution in [0.1, 0.15) is 56.4 Å². The first-order chi connectivity index (χ1) is 8.43. The van der Waals surface area contributed by atoms with Gasteiger partial charge in [-0.1, -0.05) is 38.2 Å². The van der Waals surface area contributed by atoms with Gasteiger partial charge in [0.2, 0.25) is 0 Å². The molecule has 0 unspecified atom stereocenters. The molecule has 1 aromatic carbocycles. The summed E-state index contributed by atoms with van der Waals surface area (Å²) in [6, 6.07) is 6.87. The first-order valence-electron chi connectivity index (χ1n) is 6.76. The number of hydrogen-bond donors (Lipinski definition) is 0. The average Bonchev–Trinajstić information content (AvgIpc) is 2.75. The van der Waals surface area contributed by atoms with Crippen LogP contribution in [-0.4, -0.2) is 4.98 Å². The van der Waals surface area contributed by atoms with Crippen molar-refractivity contribution >= 4 is 21.6 Å². The van der Waals surface area contributed by atoms with E-state index in [-0.39, 0.29) is 0 Å². The highest BCUT2D eigenvalue weighted by atomic mass is 32.1. The minimum atomic E-state index is 0.793. The molecule has 1 aromatic heterocycles. The van der Waals surface area contributed by atoms with Crippen LogP contribution in [0, 0.1) is 0 Å². The second-order valence-electron chi connectivity index (χ2n) is 5.12. The number of fused-ring (bicyclic) bond motifs is 1. The first-order valence-corrected chi connectivity index (χ1v) is 7.64. The van der Waals surface area contributed by atoms with Gasteiger partial charge in [0.25, 0.3) is 0 Å². The average molecular weight is 245 g/mol. The van der Waals surface area contributed by atoms with Gasteiger partial charge >= 0.3 is 0 Å². The zero-order valence-electron chi connectivity index (χ0n) is 10.2. The maximum atomic E-state index is 4.36. The second-order valence-corrected chi connectivity index (χ2v) is 6.01. The molecule has 0 saturated heterocycles. The minimum Gasteiger partial charge on any atom is -0.245 e. The van der Waals surface area contributed by atoms with E-state index in [1.165, 1.54) is 49.6 Å². The summed E-state index contributed by atoms with van der Waals surface area (Å²) in [5, 5.41) is 0. The van der Waals surface area contributed by atoms with Crippen molar-refractivity contribution in [2.45, 2.75) is 50.9 Å². The Balaban J connectivity index is 1.84. The molecule has 1 saturated carbocycles. The maximum Gasteiger partial charge on any atom is 0.0812 e. The highest BCUT2D eigenvalue weighted by molar-refractivity contribution is 7.16. The number of nitrogens with zero attached hydrogens (tertiary/aromatic N) is 1. The fraction of sp³-hybridized carbons (Fsp3) is 0.533. The standard InChI is InChI=1S/C15H19NS/c1-2-4-6-12(7-5-3-1)13-8-9-14-15(10-13)17-11-16-14/h8-12H,1-7H2. The number of thiazole rings is 1. The smallest absolute Gasteiger partial charge is 0.0812 e. The Morgan fingerprint density at radius 1 is 1.00 bits per heavy atom. The summed E-state index contributed by atoms with van der Waals surface area (Å²) in [6.07, 6.45) is 9.88. The summed E-state index contributed by atoms with van der Waals surface area (Å²) >= 11 is 1.76. The van der Waals surface area contributed by atoms with E-state index in [1.54, 1.807) is 16.9 Å². The van der Waals surface area contributed by atoms with Crippen LogP contribution in [-0.2, 0) is 0 Å².